The Morgan fingerprint density at radius 2 is 2.38 bits per heavy atom. The van der Waals surface area contributed by atoms with Gasteiger partial charge in [0.15, 0.2) is 0 Å². The lowest BCUT2D eigenvalue weighted by molar-refractivity contribution is 1.29. The molecule has 68 valence electrons. The van der Waals surface area contributed by atoms with Crippen LogP contribution in [0.25, 0.3) is 0 Å². The van der Waals surface area contributed by atoms with E-state index in [1.807, 2.05) is 6.07 Å². The number of hydrogen-bond donors (Lipinski definition) is 2. The zero-order valence-corrected chi connectivity index (χ0v) is 7.44. The topological polar surface area (TPSA) is 77.3 Å². The van der Waals surface area contributed by atoms with Crippen molar-refractivity contribution in [2.24, 2.45) is 16.5 Å². The van der Waals surface area contributed by atoms with E-state index in [1.54, 1.807) is 25.4 Å². The smallest absolute Gasteiger partial charge is 0.128 e. The van der Waals surface area contributed by atoms with Gasteiger partial charge in [0, 0.05) is 18.0 Å². The fourth-order valence-electron chi connectivity index (χ4n) is 0.733. The van der Waals surface area contributed by atoms with Gasteiger partial charge >= 0.3 is 0 Å². The van der Waals surface area contributed by atoms with Crippen molar-refractivity contribution in [1.82, 2.24) is 4.98 Å². The summed E-state index contributed by atoms with van der Waals surface area (Å²) in [5, 5.41) is 0. The standard InChI is InChI=1S/C9H12N4/c1-7(5-10)9(11)13-8-3-2-4-12-6-8/h2-6H,10H2,1H3,(H2,11,13). The van der Waals surface area contributed by atoms with Gasteiger partial charge in [-0.15, -0.1) is 0 Å². The van der Waals surface area contributed by atoms with E-state index in [4.69, 9.17) is 11.5 Å². The molecule has 0 unspecified atom stereocenters. The number of aromatic nitrogens is 1. The van der Waals surface area contributed by atoms with E-state index in [0.29, 0.717) is 5.84 Å². The highest BCUT2D eigenvalue weighted by atomic mass is 14.9. The van der Waals surface area contributed by atoms with Gasteiger partial charge in [-0.2, -0.15) is 0 Å². The molecule has 0 aromatic carbocycles. The quantitative estimate of drug-likeness (QED) is 0.520. The van der Waals surface area contributed by atoms with Crippen LogP contribution in [0.15, 0.2) is 41.3 Å². The van der Waals surface area contributed by atoms with E-state index in [-0.39, 0.29) is 0 Å². The van der Waals surface area contributed by atoms with Crippen molar-refractivity contribution in [1.29, 1.82) is 0 Å². The second-order valence-electron chi connectivity index (χ2n) is 2.56. The molecule has 13 heavy (non-hydrogen) atoms. The molecule has 0 bridgehead atoms. The highest BCUT2D eigenvalue weighted by Gasteiger charge is 1.94. The highest BCUT2D eigenvalue weighted by Crippen LogP contribution is 2.08. The van der Waals surface area contributed by atoms with Crippen molar-refractivity contribution in [3.63, 3.8) is 0 Å². The molecule has 1 aromatic rings. The third-order valence-corrected chi connectivity index (χ3v) is 1.55. The first-order valence-electron chi connectivity index (χ1n) is 3.87. The van der Waals surface area contributed by atoms with Gasteiger partial charge in [-0.05, 0) is 19.1 Å². The molecule has 0 radical (unpaired) electrons. The lowest BCUT2D eigenvalue weighted by Gasteiger charge is -1.98. The Balaban J connectivity index is 2.89. The van der Waals surface area contributed by atoms with Crippen LogP contribution in [-0.2, 0) is 0 Å². The van der Waals surface area contributed by atoms with Gasteiger partial charge in [-0.1, -0.05) is 0 Å². The molecule has 0 fully saturated rings. The molecule has 0 spiro atoms. The largest absolute Gasteiger partial charge is 0.404 e. The summed E-state index contributed by atoms with van der Waals surface area (Å²) in [5.41, 5.74) is 12.4. The van der Waals surface area contributed by atoms with E-state index < -0.39 is 0 Å². The summed E-state index contributed by atoms with van der Waals surface area (Å²) in [6, 6.07) is 3.62. The Morgan fingerprint density at radius 3 is 2.92 bits per heavy atom. The van der Waals surface area contributed by atoms with Crippen LogP contribution in [-0.4, -0.2) is 10.8 Å². The first-order valence-corrected chi connectivity index (χ1v) is 3.87. The van der Waals surface area contributed by atoms with E-state index in [1.165, 1.54) is 6.20 Å². The van der Waals surface area contributed by atoms with E-state index in [0.717, 1.165) is 11.3 Å². The summed E-state index contributed by atoms with van der Waals surface area (Å²) in [6.07, 6.45) is 4.74. The molecule has 0 saturated carbocycles. The van der Waals surface area contributed by atoms with Crippen LogP contribution in [0, 0.1) is 0 Å². The zero-order valence-electron chi connectivity index (χ0n) is 7.44. The molecule has 0 aliphatic heterocycles. The summed E-state index contributed by atoms with van der Waals surface area (Å²) in [4.78, 5) is 8.02. The number of nitrogens with zero attached hydrogens (tertiary/aromatic N) is 2. The van der Waals surface area contributed by atoms with Crippen LogP contribution in [0.4, 0.5) is 5.69 Å². The minimum Gasteiger partial charge on any atom is -0.404 e. The summed E-state index contributed by atoms with van der Waals surface area (Å²) < 4.78 is 0. The normalized spacial score (nSPS) is 13.0. The van der Waals surface area contributed by atoms with Crippen LogP contribution in [0.2, 0.25) is 0 Å². The van der Waals surface area contributed by atoms with Gasteiger partial charge in [0.05, 0.1) is 11.9 Å². The predicted molar refractivity (Wildman–Crippen MR) is 53.5 cm³/mol. The fraction of sp³-hybridized carbons (Fsp3) is 0.111. The van der Waals surface area contributed by atoms with Crippen molar-refractivity contribution in [2.45, 2.75) is 6.92 Å². The molecule has 0 saturated heterocycles. The number of rotatable bonds is 2. The van der Waals surface area contributed by atoms with Crippen LogP contribution < -0.4 is 11.5 Å². The molecule has 0 amide bonds. The van der Waals surface area contributed by atoms with Crippen molar-refractivity contribution in [3.8, 4) is 0 Å². The van der Waals surface area contributed by atoms with E-state index in [9.17, 15) is 0 Å². The first kappa shape index (κ1) is 9.25. The molecule has 4 nitrogen and oxygen atoms in total. The van der Waals surface area contributed by atoms with Crippen LogP contribution in [0.1, 0.15) is 6.92 Å². The molecule has 4 heteroatoms. The fourth-order valence-corrected chi connectivity index (χ4v) is 0.733. The van der Waals surface area contributed by atoms with Crippen molar-refractivity contribution < 1.29 is 0 Å². The Labute approximate surface area is 77.0 Å². The molecule has 1 heterocycles. The summed E-state index contributed by atoms with van der Waals surface area (Å²) in [7, 11) is 0. The molecular weight excluding hydrogens is 164 g/mol. The Bertz CT molecular complexity index is 327. The third-order valence-electron chi connectivity index (χ3n) is 1.55. The second-order valence-corrected chi connectivity index (χ2v) is 2.56. The van der Waals surface area contributed by atoms with Crippen LogP contribution in [0.3, 0.4) is 0 Å². The Kier molecular flexibility index (Phi) is 3.03. The Morgan fingerprint density at radius 1 is 1.62 bits per heavy atom. The lowest BCUT2D eigenvalue weighted by Crippen LogP contribution is -2.13. The van der Waals surface area contributed by atoms with Gasteiger partial charge in [0.1, 0.15) is 5.84 Å². The van der Waals surface area contributed by atoms with E-state index in [2.05, 4.69) is 9.98 Å². The third kappa shape index (κ3) is 2.59. The van der Waals surface area contributed by atoms with Crippen molar-refractivity contribution in [3.05, 3.63) is 36.3 Å². The molecule has 0 aliphatic rings. The molecule has 4 N–H and O–H groups in total. The number of pyridine rings is 1. The minimum atomic E-state index is 0.413. The molecular formula is C9H12N4. The number of amidine groups is 1. The summed E-state index contributed by atoms with van der Waals surface area (Å²) >= 11 is 0. The zero-order chi connectivity index (χ0) is 9.68. The number of hydrogen-bond acceptors (Lipinski definition) is 3. The van der Waals surface area contributed by atoms with Crippen molar-refractivity contribution >= 4 is 11.5 Å². The predicted octanol–water partition coefficient (Wildman–Crippen LogP) is 0.933. The maximum Gasteiger partial charge on any atom is 0.128 e. The minimum absolute atomic E-state index is 0.413. The van der Waals surface area contributed by atoms with Gasteiger partial charge in [0.2, 0.25) is 0 Å². The van der Waals surface area contributed by atoms with Crippen LogP contribution in [0.5, 0.6) is 0 Å². The van der Waals surface area contributed by atoms with Crippen LogP contribution >= 0.6 is 0 Å². The molecule has 1 rings (SSSR count). The molecule has 0 atom stereocenters. The van der Waals surface area contributed by atoms with E-state index >= 15 is 0 Å². The highest BCUT2D eigenvalue weighted by molar-refractivity contribution is 5.97. The maximum absolute atomic E-state index is 5.63. The Hall–Kier alpha value is -1.84. The van der Waals surface area contributed by atoms with Gasteiger partial charge < -0.3 is 11.5 Å². The average molecular weight is 176 g/mol. The number of nitrogens with two attached hydrogens (primary N) is 2. The molecule has 0 aliphatic carbocycles. The molecule has 1 aromatic heterocycles. The van der Waals surface area contributed by atoms with Crippen molar-refractivity contribution in [2.75, 3.05) is 0 Å². The van der Waals surface area contributed by atoms with Gasteiger partial charge in [-0.25, -0.2) is 4.99 Å². The van der Waals surface area contributed by atoms with Gasteiger partial charge in [0.25, 0.3) is 0 Å². The number of aliphatic imine (C=N–C) groups is 1. The maximum atomic E-state index is 5.63. The summed E-state index contributed by atoms with van der Waals surface area (Å²) in [6.45, 7) is 1.80. The summed E-state index contributed by atoms with van der Waals surface area (Å²) in [5.74, 6) is 0.413. The SMILES string of the molecule is CC(=CN)C(N)=Nc1cccnc1. The average Bonchev–Trinajstić information content (AvgIpc) is 2.18. The second kappa shape index (κ2) is 4.25. The van der Waals surface area contributed by atoms with Gasteiger partial charge in [-0.3, -0.25) is 4.98 Å². The first-order chi connectivity index (χ1) is 6.24. The lowest BCUT2D eigenvalue weighted by atomic mass is 10.3. The monoisotopic (exact) mass is 176 g/mol.